The molecule has 7 heteroatoms. The minimum atomic E-state index is -1.09. The molecule has 0 atom stereocenters. The van der Waals surface area contributed by atoms with Gasteiger partial charge in [-0.15, -0.1) is 5.10 Å². The largest absolute Gasteiger partial charge is 0.465 e. The molecule has 0 aliphatic rings. The number of tetrazole rings is 1. The Kier molecular flexibility index (Phi) is 2.50. The maximum atomic E-state index is 10.4. The molecular weight excluding hydrogens is 210 g/mol. The van der Waals surface area contributed by atoms with Gasteiger partial charge in [-0.1, -0.05) is 0 Å². The highest BCUT2D eigenvalue weighted by molar-refractivity contribution is 5.83. The monoisotopic (exact) mass is 219 g/mol. The first-order valence-corrected chi connectivity index (χ1v) is 4.49. The molecule has 1 aromatic carbocycles. The van der Waals surface area contributed by atoms with Crippen LogP contribution in [0.1, 0.15) is 0 Å². The Morgan fingerprint density at radius 3 is 2.56 bits per heavy atom. The van der Waals surface area contributed by atoms with Crippen molar-refractivity contribution in [3.63, 3.8) is 0 Å². The predicted molar refractivity (Wildman–Crippen MR) is 55.9 cm³/mol. The van der Waals surface area contributed by atoms with Crippen LogP contribution in [0.5, 0.6) is 0 Å². The van der Waals surface area contributed by atoms with Crippen LogP contribution < -0.4 is 5.32 Å². The summed E-state index contributed by atoms with van der Waals surface area (Å²) in [7, 11) is 1.73. The summed E-state index contributed by atoms with van der Waals surface area (Å²) in [5.74, 6) is 0.627. The summed E-state index contributed by atoms with van der Waals surface area (Å²) in [6, 6.07) is 6.80. The number of hydrogen-bond acceptors (Lipinski definition) is 4. The maximum absolute atomic E-state index is 10.4. The molecule has 0 unspecified atom stereocenters. The SMILES string of the molecule is Cn1nnnc1-c1ccc(NC(=O)O)cc1. The Balaban J connectivity index is 2.26. The smallest absolute Gasteiger partial charge is 0.409 e. The molecule has 0 aliphatic heterocycles. The molecule has 2 N–H and O–H groups in total. The molecule has 0 saturated heterocycles. The van der Waals surface area contributed by atoms with Crippen LogP contribution in [0.25, 0.3) is 11.4 Å². The van der Waals surface area contributed by atoms with Crippen molar-refractivity contribution in [3.8, 4) is 11.4 Å². The second-order valence-electron chi connectivity index (χ2n) is 3.13. The van der Waals surface area contributed by atoms with Crippen molar-refractivity contribution in [2.45, 2.75) is 0 Å². The molecule has 0 saturated carbocycles. The molecule has 0 radical (unpaired) electrons. The summed E-state index contributed by atoms with van der Waals surface area (Å²) in [5.41, 5.74) is 1.33. The predicted octanol–water partition coefficient (Wildman–Crippen LogP) is 0.967. The number of carboxylic acid groups (broad SMARTS) is 1. The van der Waals surface area contributed by atoms with Crippen LogP contribution in [-0.4, -0.2) is 31.4 Å². The van der Waals surface area contributed by atoms with Crippen molar-refractivity contribution in [2.24, 2.45) is 7.05 Å². The second kappa shape index (κ2) is 3.97. The molecule has 1 amide bonds. The van der Waals surface area contributed by atoms with Crippen molar-refractivity contribution < 1.29 is 9.90 Å². The fraction of sp³-hybridized carbons (Fsp3) is 0.111. The molecule has 2 aromatic rings. The average molecular weight is 219 g/mol. The number of nitrogens with zero attached hydrogens (tertiary/aromatic N) is 4. The van der Waals surface area contributed by atoms with Crippen molar-refractivity contribution in [1.82, 2.24) is 20.2 Å². The molecule has 0 spiro atoms. The van der Waals surface area contributed by atoms with E-state index in [0.29, 0.717) is 11.5 Å². The Labute approximate surface area is 90.7 Å². The van der Waals surface area contributed by atoms with Gasteiger partial charge in [-0.25, -0.2) is 9.48 Å². The zero-order chi connectivity index (χ0) is 11.5. The van der Waals surface area contributed by atoms with Gasteiger partial charge in [0.05, 0.1) is 0 Å². The van der Waals surface area contributed by atoms with Gasteiger partial charge in [0.15, 0.2) is 5.82 Å². The van der Waals surface area contributed by atoms with E-state index in [2.05, 4.69) is 20.8 Å². The van der Waals surface area contributed by atoms with Gasteiger partial charge in [0.2, 0.25) is 0 Å². The van der Waals surface area contributed by atoms with Crippen LogP contribution in [-0.2, 0) is 7.05 Å². The summed E-state index contributed by atoms with van der Waals surface area (Å²) in [4.78, 5) is 10.4. The molecule has 0 aliphatic carbocycles. The van der Waals surface area contributed by atoms with E-state index in [1.165, 1.54) is 0 Å². The fourth-order valence-electron chi connectivity index (χ4n) is 1.30. The van der Waals surface area contributed by atoms with Gasteiger partial charge in [0.1, 0.15) is 0 Å². The van der Waals surface area contributed by atoms with Gasteiger partial charge >= 0.3 is 6.09 Å². The van der Waals surface area contributed by atoms with Crippen LogP contribution in [0.3, 0.4) is 0 Å². The highest BCUT2D eigenvalue weighted by atomic mass is 16.4. The Hall–Kier alpha value is -2.44. The van der Waals surface area contributed by atoms with Crippen molar-refractivity contribution >= 4 is 11.8 Å². The molecule has 82 valence electrons. The first kappa shape index (κ1) is 10.1. The number of aryl methyl sites for hydroxylation is 1. The second-order valence-corrected chi connectivity index (χ2v) is 3.13. The first-order chi connectivity index (χ1) is 7.66. The van der Waals surface area contributed by atoms with Crippen LogP contribution in [0.4, 0.5) is 10.5 Å². The highest BCUT2D eigenvalue weighted by Crippen LogP contribution is 2.17. The van der Waals surface area contributed by atoms with Crippen molar-refractivity contribution in [3.05, 3.63) is 24.3 Å². The highest BCUT2D eigenvalue weighted by Gasteiger charge is 2.05. The molecule has 1 heterocycles. The van der Waals surface area contributed by atoms with Crippen molar-refractivity contribution in [2.75, 3.05) is 5.32 Å². The summed E-state index contributed by atoms with van der Waals surface area (Å²) >= 11 is 0. The molecule has 0 bridgehead atoms. The summed E-state index contributed by atoms with van der Waals surface area (Å²) in [6.07, 6.45) is -1.09. The number of benzene rings is 1. The average Bonchev–Trinajstić information content (AvgIpc) is 2.65. The molecule has 0 fully saturated rings. The van der Waals surface area contributed by atoms with E-state index < -0.39 is 6.09 Å². The minimum absolute atomic E-state index is 0.506. The van der Waals surface area contributed by atoms with E-state index >= 15 is 0 Å². The van der Waals surface area contributed by atoms with Gasteiger partial charge in [0, 0.05) is 18.3 Å². The van der Waals surface area contributed by atoms with E-state index in [0.717, 1.165) is 5.56 Å². The number of hydrogen-bond donors (Lipinski definition) is 2. The lowest BCUT2D eigenvalue weighted by Gasteiger charge is -2.02. The lowest BCUT2D eigenvalue weighted by atomic mass is 10.2. The number of anilines is 1. The fourth-order valence-corrected chi connectivity index (χ4v) is 1.30. The minimum Gasteiger partial charge on any atom is -0.465 e. The van der Waals surface area contributed by atoms with Crippen LogP contribution in [0, 0.1) is 0 Å². The zero-order valence-electron chi connectivity index (χ0n) is 8.45. The number of aromatic nitrogens is 4. The lowest BCUT2D eigenvalue weighted by molar-refractivity contribution is 0.210. The maximum Gasteiger partial charge on any atom is 0.409 e. The van der Waals surface area contributed by atoms with Gasteiger partial charge in [0.25, 0.3) is 0 Å². The normalized spacial score (nSPS) is 10.1. The molecule has 2 rings (SSSR count). The molecule has 1 aromatic heterocycles. The van der Waals surface area contributed by atoms with Gasteiger partial charge in [-0.05, 0) is 34.7 Å². The Morgan fingerprint density at radius 1 is 1.38 bits per heavy atom. The lowest BCUT2D eigenvalue weighted by Crippen LogP contribution is -2.06. The van der Waals surface area contributed by atoms with Crippen LogP contribution in [0.15, 0.2) is 24.3 Å². The third kappa shape index (κ3) is 1.97. The molecule has 7 nitrogen and oxygen atoms in total. The third-order valence-corrected chi connectivity index (χ3v) is 2.01. The number of nitrogens with one attached hydrogen (secondary N) is 1. The Morgan fingerprint density at radius 2 is 2.06 bits per heavy atom. The van der Waals surface area contributed by atoms with Crippen LogP contribution in [0.2, 0.25) is 0 Å². The van der Waals surface area contributed by atoms with Gasteiger partial charge < -0.3 is 5.11 Å². The molecule has 16 heavy (non-hydrogen) atoms. The van der Waals surface area contributed by atoms with Crippen LogP contribution >= 0.6 is 0 Å². The topological polar surface area (TPSA) is 92.9 Å². The first-order valence-electron chi connectivity index (χ1n) is 4.49. The summed E-state index contributed by atoms with van der Waals surface area (Å²) in [5, 5.41) is 21.8. The van der Waals surface area contributed by atoms with Crippen molar-refractivity contribution in [1.29, 1.82) is 0 Å². The van der Waals surface area contributed by atoms with E-state index in [4.69, 9.17) is 5.11 Å². The van der Waals surface area contributed by atoms with E-state index in [1.54, 1.807) is 36.0 Å². The third-order valence-electron chi connectivity index (χ3n) is 2.01. The number of carbonyl (C=O) groups is 1. The van der Waals surface area contributed by atoms with E-state index in [-0.39, 0.29) is 0 Å². The van der Waals surface area contributed by atoms with Gasteiger partial charge in [-0.2, -0.15) is 0 Å². The van der Waals surface area contributed by atoms with E-state index in [9.17, 15) is 4.79 Å². The standard InChI is InChI=1S/C9H9N5O2/c1-14-8(11-12-13-14)6-2-4-7(5-3-6)10-9(15)16/h2-5,10H,1H3,(H,15,16). The summed E-state index contributed by atoms with van der Waals surface area (Å²) < 4.78 is 1.54. The quantitative estimate of drug-likeness (QED) is 0.784. The molecular formula is C9H9N5O2. The van der Waals surface area contributed by atoms with E-state index in [1.807, 2.05) is 0 Å². The zero-order valence-corrected chi connectivity index (χ0v) is 8.45. The number of rotatable bonds is 2. The Bertz CT molecular complexity index is 505. The summed E-state index contributed by atoms with van der Waals surface area (Å²) in [6.45, 7) is 0. The van der Waals surface area contributed by atoms with Gasteiger partial charge in [-0.3, -0.25) is 5.32 Å². The number of amides is 1.